The van der Waals surface area contributed by atoms with Crippen LogP contribution in [-0.4, -0.2) is 52.4 Å². The number of aliphatic carboxylic acids is 1. The number of hydrogen-bond donors (Lipinski definition) is 1. The third kappa shape index (κ3) is 8.06. The van der Waals surface area contributed by atoms with E-state index in [1.165, 1.54) is 30.6 Å². The minimum Gasteiger partial charge on any atom is -0.494 e. The predicted octanol–water partition coefficient (Wildman–Crippen LogP) is 5.96. The van der Waals surface area contributed by atoms with Crippen molar-refractivity contribution in [1.29, 1.82) is 0 Å². The normalized spacial score (nSPS) is 11.9. The van der Waals surface area contributed by atoms with Gasteiger partial charge in [-0.2, -0.15) is 0 Å². The topological polar surface area (TPSA) is 93.4 Å². The van der Waals surface area contributed by atoms with Crippen molar-refractivity contribution < 1.29 is 28.6 Å². The second kappa shape index (κ2) is 12.2. The maximum atomic E-state index is 13.6. The third-order valence-corrected chi connectivity index (χ3v) is 6.18. The minimum absolute atomic E-state index is 0.149. The van der Waals surface area contributed by atoms with Gasteiger partial charge in [-0.3, -0.25) is 9.69 Å². The highest BCUT2D eigenvalue weighted by Gasteiger charge is 2.24. The van der Waals surface area contributed by atoms with E-state index < -0.39 is 24.2 Å². The number of nitrogens with zero attached hydrogens (tertiary/aromatic N) is 3. The van der Waals surface area contributed by atoms with Crippen LogP contribution in [0.1, 0.15) is 27.2 Å². The molecule has 0 saturated heterocycles. The molecular formula is C26H29ClFN3O5S. The van der Waals surface area contributed by atoms with Gasteiger partial charge >= 0.3 is 12.1 Å². The predicted molar refractivity (Wildman–Crippen MR) is 141 cm³/mol. The fourth-order valence-corrected chi connectivity index (χ4v) is 4.59. The highest BCUT2D eigenvalue weighted by molar-refractivity contribution is 7.07. The second-order valence-electron chi connectivity index (χ2n) is 9.14. The van der Waals surface area contributed by atoms with Gasteiger partial charge in [0.05, 0.1) is 12.8 Å². The second-order valence-corrected chi connectivity index (χ2v) is 10.4. The Bertz CT molecular complexity index is 1310. The summed E-state index contributed by atoms with van der Waals surface area (Å²) in [5, 5.41) is 11.7. The van der Waals surface area contributed by atoms with Gasteiger partial charge in [-0.05, 0) is 69.2 Å². The number of benzene rings is 2. The molecule has 198 valence electrons. The Balaban J connectivity index is 1.95. The van der Waals surface area contributed by atoms with Crippen molar-refractivity contribution in [3.8, 4) is 17.0 Å². The molecule has 0 saturated carbocycles. The summed E-state index contributed by atoms with van der Waals surface area (Å²) in [7, 11) is 1.53. The van der Waals surface area contributed by atoms with E-state index in [1.807, 2.05) is 9.95 Å². The lowest BCUT2D eigenvalue weighted by atomic mass is 10.1. The number of methoxy groups -OCH3 is 1. The van der Waals surface area contributed by atoms with Gasteiger partial charge in [0.25, 0.3) is 0 Å². The molecule has 0 aliphatic rings. The average molecular weight is 550 g/mol. The number of thiazole rings is 1. The van der Waals surface area contributed by atoms with Crippen LogP contribution in [0.3, 0.4) is 0 Å². The van der Waals surface area contributed by atoms with E-state index in [9.17, 15) is 19.1 Å². The summed E-state index contributed by atoms with van der Waals surface area (Å²) < 4.78 is 26.3. The summed E-state index contributed by atoms with van der Waals surface area (Å²) in [4.78, 5) is 30.5. The number of hydrogen-bond acceptors (Lipinski definition) is 6. The minimum atomic E-state index is -1.13. The summed E-state index contributed by atoms with van der Waals surface area (Å²) in [6.45, 7) is 5.24. The summed E-state index contributed by atoms with van der Waals surface area (Å²) in [5.41, 5.74) is 1.42. The molecule has 3 aromatic rings. The van der Waals surface area contributed by atoms with E-state index in [2.05, 4.69) is 0 Å². The van der Waals surface area contributed by atoms with Gasteiger partial charge < -0.3 is 19.1 Å². The number of carbonyl (C=O) groups excluding carboxylic acids is 1. The van der Waals surface area contributed by atoms with E-state index in [0.717, 1.165) is 16.2 Å². The Morgan fingerprint density at radius 1 is 1.19 bits per heavy atom. The number of ether oxygens (including phenoxy) is 2. The average Bonchev–Trinajstić information content (AvgIpc) is 3.21. The lowest BCUT2D eigenvalue weighted by Gasteiger charge is -2.26. The van der Waals surface area contributed by atoms with E-state index >= 15 is 0 Å². The van der Waals surface area contributed by atoms with Gasteiger partial charge in [0.15, 0.2) is 4.80 Å². The van der Waals surface area contributed by atoms with Gasteiger partial charge in [-0.25, -0.2) is 14.2 Å². The van der Waals surface area contributed by atoms with Crippen molar-refractivity contribution in [3.63, 3.8) is 0 Å². The van der Waals surface area contributed by atoms with E-state index in [-0.39, 0.29) is 12.4 Å². The number of rotatable bonds is 9. The fourth-order valence-electron chi connectivity index (χ4n) is 3.48. The van der Waals surface area contributed by atoms with Crippen LogP contribution < -0.4 is 9.54 Å². The molecule has 0 bridgehead atoms. The Hall–Kier alpha value is -3.37. The first-order valence-electron chi connectivity index (χ1n) is 11.5. The molecule has 1 N–H and O–H groups in total. The van der Waals surface area contributed by atoms with Gasteiger partial charge in [0.1, 0.15) is 29.4 Å². The van der Waals surface area contributed by atoms with Crippen LogP contribution in [0.25, 0.3) is 11.3 Å². The fraction of sp³-hybridized carbons (Fsp3) is 0.346. The summed E-state index contributed by atoms with van der Waals surface area (Å²) in [6, 6.07) is 11.3. The van der Waals surface area contributed by atoms with Crippen molar-refractivity contribution in [1.82, 2.24) is 9.47 Å². The summed E-state index contributed by atoms with van der Waals surface area (Å²) in [5.74, 6) is -0.970. The first-order valence-corrected chi connectivity index (χ1v) is 12.7. The smallest absolute Gasteiger partial charge is 0.410 e. The van der Waals surface area contributed by atoms with Crippen LogP contribution in [0.2, 0.25) is 5.02 Å². The molecule has 1 aromatic heterocycles. The zero-order valence-electron chi connectivity index (χ0n) is 21.0. The lowest BCUT2D eigenvalue weighted by molar-refractivity contribution is -0.138. The maximum Gasteiger partial charge on any atom is 0.410 e. The van der Waals surface area contributed by atoms with Crippen LogP contribution in [-0.2, 0) is 16.1 Å². The van der Waals surface area contributed by atoms with Crippen LogP contribution in [0.15, 0.2) is 52.8 Å². The molecule has 0 aliphatic carbocycles. The molecule has 3 rings (SSSR count). The number of carboxylic acid groups (broad SMARTS) is 1. The highest BCUT2D eigenvalue weighted by atomic mass is 35.5. The number of carboxylic acids is 1. The van der Waals surface area contributed by atoms with E-state index in [0.29, 0.717) is 34.2 Å². The van der Waals surface area contributed by atoms with Gasteiger partial charge in [-0.1, -0.05) is 11.6 Å². The van der Waals surface area contributed by atoms with Gasteiger partial charge in [0, 0.05) is 29.6 Å². The monoisotopic (exact) mass is 549 g/mol. The molecule has 2 aromatic carbocycles. The van der Waals surface area contributed by atoms with Gasteiger partial charge in [-0.15, -0.1) is 11.3 Å². The van der Waals surface area contributed by atoms with Crippen molar-refractivity contribution >= 4 is 40.7 Å². The maximum absolute atomic E-state index is 13.6. The first kappa shape index (κ1) is 28.2. The van der Waals surface area contributed by atoms with Crippen LogP contribution in [0.5, 0.6) is 5.75 Å². The molecule has 8 nitrogen and oxygen atoms in total. The Morgan fingerprint density at radius 2 is 1.89 bits per heavy atom. The zero-order valence-corrected chi connectivity index (χ0v) is 22.6. The molecule has 37 heavy (non-hydrogen) atoms. The molecular weight excluding hydrogens is 521 g/mol. The van der Waals surface area contributed by atoms with E-state index in [4.69, 9.17) is 26.1 Å². The largest absolute Gasteiger partial charge is 0.494 e. The molecule has 11 heteroatoms. The van der Waals surface area contributed by atoms with Crippen LogP contribution in [0, 0.1) is 5.82 Å². The van der Waals surface area contributed by atoms with Crippen molar-refractivity contribution in [2.75, 3.05) is 20.2 Å². The van der Waals surface area contributed by atoms with E-state index in [1.54, 1.807) is 51.1 Å². The molecule has 0 fully saturated rings. The summed E-state index contributed by atoms with van der Waals surface area (Å²) in [6.07, 6.45) is -0.276. The quantitative estimate of drug-likeness (QED) is 0.355. The Kier molecular flexibility index (Phi) is 9.34. The molecule has 1 heterocycles. The third-order valence-electron chi connectivity index (χ3n) is 5.08. The number of carbonyl (C=O) groups is 2. The molecule has 1 amide bonds. The number of aromatic nitrogens is 1. The van der Waals surface area contributed by atoms with Crippen molar-refractivity contribution in [2.45, 2.75) is 39.3 Å². The molecule has 0 atom stereocenters. The van der Waals surface area contributed by atoms with Crippen LogP contribution in [0.4, 0.5) is 14.9 Å². The highest BCUT2D eigenvalue weighted by Crippen LogP contribution is 2.30. The molecule has 0 radical (unpaired) electrons. The van der Waals surface area contributed by atoms with Crippen molar-refractivity contribution in [3.05, 3.63) is 63.5 Å². The number of amides is 1. The Labute approximate surface area is 223 Å². The molecule has 0 unspecified atom stereocenters. The standard InChI is InChI=1S/C26H29ClFN3O5S/c1-26(2,3)36-25(34)30(15-23(32)33)12-5-13-31-21(17-6-9-19(28)10-7-17)16-37-24(31)29-20-11-8-18(27)14-22(20)35-4/h6-11,14,16H,5,12-13,15H2,1-4H3,(H,32,33). The molecule has 0 spiro atoms. The number of halogens is 2. The first-order chi connectivity index (χ1) is 17.5. The lowest BCUT2D eigenvalue weighted by Crippen LogP contribution is -2.40. The SMILES string of the molecule is COc1cc(Cl)ccc1N=c1scc(-c2ccc(F)cc2)n1CCCN(CC(=O)O)C(=O)OC(C)(C)C. The van der Waals surface area contributed by atoms with Crippen molar-refractivity contribution in [2.24, 2.45) is 4.99 Å². The summed E-state index contributed by atoms with van der Waals surface area (Å²) >= 11 is 7.48. The zero-order chi connectivity index (χ0) is 27.2. The molecule has 0 aliphatic heterocycles. The van der Waals surface area contributed by atoms with Crippen LogP contribution >= 0.6 is 22.9 Å². The Morgan fingerprint density at radius 3 is 2.51 bits per heavy atom. The van der Waals surface area contributed by atoms with Gasteiger partial charge in [0.2, 0.25) is 0 Å².